The van der Waals surface area contributed by atoms with Crippen molar-refractivity contribution in [2.45, 2.75) is 170 Å². The molecule has 2 fully saturated rings. The molecule has 33 heteroatoms. The smallest absolute Gasteiger partial charge is 0.330 e. The molecule has 2 saturated heterocycles. The van der Waals surface area contributed by atoms with Crippen LogP contribution >= 0.6 is 35.6 Å². The molecule has 11 bridgehead atoms. The number of carboxylic acid groups (broad SMARTS) is 1. The average Bonchev–Trinajstić information content (AvgIpc) is 0.773. The summed E-state index contributed by atoms with van der Waals surface area (Å²) >= 11 is 14.2. The molecular weight excluding hydrogens is 1400 g/mol. The second kappa shape index (κ2) is 31.6. The van der Waals surface area contributed by atoms with Gasteiger partial charge in [0.1, 0.15) is 77.4 Å². The molecule has 30 nitrogen and oxygen atoms in total. The molecule has 18 atom stereocenters. The number of ketones is 2. The first-order valence-electron chi connectivity index (χ1n) is 32.4. The van der Waals surface area contributed by atoms with Crippen LogP contribution in [0.15, 0.2) is 78.9 Å². The second-order valence-electron chi connectivity index (χ2n) is 26.6. The predicted octanol–water partition coefficient (Wildman–Crippen LogP) is 3.94. The molecule has 0 radical (unpaired) electrons. The number of rotatable bonds is 13. The monoisotopic (exact) mass is 1480 g/mol. The highest BCUT2D eigenvalue weighted by Gasteiger charge is 2.51. The van der Waals surface area contributed by atoms with Crippen molar-refractivity contribution in [1.82, 2.24) is 21.3 Å². The van der Waals surface area contributed by atoms with Crippen LogP contribution in [0, 0.1) is 17.8 Å². The third-order valence-corrected chi connectivity index (χ3v) is 19.2. The molecular formula is C69H79Cl3N6O24. The van der Waals surface area contributed by atoms with Gasteiger partial charge in [0.15, 0.2) is 41.5 Å². The number of aromatic hydroxyl groups is 3. The Hall–Kier alpha value is -8.47. The predicted molar refractivity (Wildman–Crippen MR) is 360 cm³/mol. The highest BCUT2D eigenvalue weighted by atomic mass is 35.5. The number of aliphatic hydroxyl groups is 6. The Morgan fingerprint density at radius 2 is 1.37 bits per heavy atom. The standard InChI is InChI=1S/C69H78Cl2N6O24.ClH/c1-6-28(13-26(2)3)63(90)76-54-42(82)17-33(20-49(72)84)64(91)74-52-32-18-46(97-44-11-8-30(56(54)85)15-38(44)70)60(101-68-61(59(88)58(87)48(25-78)99-68)100-50-24-69(5,73)62(89)27(4)96-50)47(19-32)98-45-12-9-31(16-39(45)71)57(86)55-66(93)75-53(67(94)95)37-21-34(79)22-41(81)51(37)36-14-29(7-10-40(36)80)35(23-43(52)83)65(92)77-55;/h7-12,14-16,18-19,21-22,26-28,33,35,48,50,52-59,61-62,68,78-81,85-89H,6,13,17,20,23-25,73H2,1-5H3,(H2,72,84)(H,74,91)(H,75,93)(H,76,90)(H,77,92)(H,94,95);1H/t27-,28-,33+,35-,48?,50+,52-,53?,54?,55+,56-,57-,58-,59+,61?,62-,68+,69?;/m1./s1. The highest BCUT2D eigenvalue weighted by Crippen LogP contribution is 2.50. The van der Waals surface area contributed by atoms with E-state index in [0.717, 1.165) is 54.6 Å². The van der Waals surface area contributed by atoms with Crippen molar-refractivity contribution in [3.05, 3.63) is 117 Å². The number of carboxylic acids is 1. The molecule has 7 aliphatic heterocycles. The van der Waals surface area contributed by atoms with E-state index in [2.05, 4.69) is 21.3 Å². The lowest BCUT2D eigenvalue weighted by Crippen LogP contribution is -2.64. The van der Waals surface area contributed by atoms with E-state index >= 15 is 14.4 Å². The first-order valence-corrected chi connectivity index (χ1v) is 33.2. The number of nitrogens with one attached hydrogen (secondary N) is 4. The number of benzene rings is 5. The molecule has 102 heavy (non-hydrogen) atoms. The molecule has 7 aliphatic rings. The molecule has 0 aliphatic carbocycles. The minimum atomic E-state index is -2.24. The number of ether oxygens (including phenoxy) is 6. The van der Waals surface area contributed by atoms with Gasteiger partial charge in [0.25, 0.3) is 0 Å². The summed E-state index contributed by atoms with van der Waals surface area (Å²) in [5.74, 6) is -18.9. The summed E-state index contributed by atoms with van der Waals surface area (Å²) in [6.07, 6.45) is -19.8. The van der Waals surface area contributed by atoms with E-state index in [1.54, 1.807) is 6.92 Å². The van der Waals surface area contributed by atoms with Crippen LogP contribution in [-0.4, -0.2) is 172 Å². The Morgan fingerprint density at radius 1 is 0.745 bits per heavy atom. The molecule has 5 unspecified atom stereocenters. The zero-order valence-electron chi connectivity index (χ0n) is 55.4. The van der Waals surface area contributed by atoms with Gasteiger partial charge >= 0.3 is 5.97 Å². The topological polar surface area (TPSA) is 494 Å². The first kappa shape index (κ1) is 77.7. The fraction of sp³-hybridized carbons (Fsp3) is 0.449. The summed E-state index contributed by atoms with van der Waals surface area (Å²) in [6.45, 7) is 7.55. The first-order chi connectivity index (χ1) is 47.7. The summed E-state index contributed by atoms with van der Waals surface area (Å²) in [4.78, 5) is 117. The quantitative estimate of drug-likeness (QED) is 0.0793. The number of halogens is 3. The van der Waals surface area contributed by atoms with Gasteiger partial charge in [-0.1, -0.05) is 62.2 Å². The average molecular weight is 1480 g/mol. The van der Waals surface area contributed by atoms with Crippen LogP contribution in [0.25, 0.3) is 11.1 Å². The minimum Gasteiger partial charge on any atom is -0.508 e. The van der Waals surface area contributed by atoms with E-state index in [1.807, 2.05) is 13.8 Å². The molecule has 0 aromatic heterocycles. The van der Waals surface area contributed by atoms with Crippen LogP contribution in [-0.2, 0) is 52.6 Å². The third-order valence-electron chi connectivity index (χ3n) is 18.6. The van der Waals surface area contributed by atoms with E-state index < -0.39 is 238 Å². The van der Waals surface area contributed by atoms with Crippen molar-refractivity contribution < 1.29 is 118 Å². The van der Waals surface area contributed by atoms with Crippen LogP contribution in [0.4, 0.5) is 0 Å². The van der Waals surface area contributed by atoms with Crippen molar-refractivity contribution in [1.29, 1.82) is 0 Å². The minimum absolute atomic E-state index is 0. The molecule has 550 valence electrons. The van der Waals surface area contributed by atoms with Crippen LogP contribution < -0.4 is 46.9 Å². The van der Waals surface area contributed by atoms with Crippen molar-refractivity contribution in [3.63, 3.8) is 0 Å². The van der Waals surface area contributed by atoms with Crippen LogP contribution in [0.5, 0.6) is 46.0 Å². The fourth-order valence-electron chi connectivity index (χ4n) is 13.2. The van der Waals surface area contributed by atoms with Gasteiger partial charge in [-0.2, -0.15) is 0 Å². The maximum atomic E-state index is 16.2. The number of carbonyl (C=O) groups excluding carboxylic acids is 7. The maximum Gasteiger partial charge on any atom is 0.330 e. The zero-order chi connectivity index (χ0) is 73.5. The van der Waals surface area contributed by atoms with Gasteiger partial charge in [0.05, 0.1) is 40.7 Å². The molecule has 7 heterocycles. The van der Waals surface area contributed by atoms with Gasteiger partial charge in [-0.05, 0) is 109 Å². The summed E-state index contributed by atoms with van der Waals surface area (Å²) in [5, 5.41) is 123. The lowest BCUT2D eigenvalue weighted by atomic mass is 9.84. The lowest BCUT2D eigenvalue weighted by molar-refractivity contribution is -0.333. The van der Waals surface area contributed by atoms with E-state index in [4.69, 9.17) is 63.1 Å². The Balaban J connectivity index is 0.0000121. The fourth-order valence-corrected chi connectivity index (χ4v) is 13.7. The summed E-state index contributed by atoms with van der Waals surface area (Å²) in [5.41, 5.74) is 8.53. The van der Waals surface area contributed by atoms with Gasteiger partial charge in [-0.15, -0.1) is 12.4 Å². The van der Waals surface area contributed by atoms with Crippen LogP contribution in [0.3, 0.4) is 0 Å². The molecule has 18 N–H and O–H groups in total. The van der Waals surface area contributed by atoms with E-state index in [9.17, 15) is 75.0 Å². The number of fused-ring (bicyclic) bond motifs is 15. The van der Waals surface area contributed by atoms with E-state index in [1.165, 1.54) is 38.1 Å². The number of Topliss-reactive ketones (excluding diaryl/α,β-unsaturated/α-hetero) is 2. The SMILES string of the molecule is CC[C@H](CC(C)C)C(=O)NC1C(=O)C[C@@H](CC(N)=O)C(=O)N[C@H]2C(=O)C[C@H]3C(=O)N[C@H](C(=O)NC(C(=O)O)c4cc(O)cc(O)c4-c4cc3ccc4O)[C@H](O)c3ccc(c(Cl)c3)Oc3cc2cc(c3O[C@@H]2OC(CO)[C@@H](O)[C@H](O)C2O[C@H]2CC(C)(N)[C@H](O)[C@@H](C)O2)Oc2ccc(cc2Cl)[C@H]1O.Cl. The number of hydrogen-bond donors (Lipinski definition) is 16. The summed E-state index contributed by atoms with van der Waals surface area (Å²) in [7, 11) is 0. The van der Waals surface area contributed by atoms with Gasteiger partial charge in [-0.25, -0.2) is 4.79 Å². The molecule has 0 spiro atoms. The van der Waals surface area contributed by atoms with E-state index in [-0.39, 0.29) is 63.5 Å². The van der Waals surface area contributed by atoms with Gasteiger partial charge in [0, 0.05) is 59.9 Å². The van der Waals surface area contributed by atoms with Crippen molar-refractivity contribution in [3.8, 4) is 57.1 Å². The number of hydrogen-bond acceptors (Lipinski definition) is 24. The Morgan fingerprint density at radius 3 is 1.95 bits per heavy atom. The van der Waals surface area contributed by atoms with Gasteiger partial charge in [0.2, 0.25) is 41.6 Å². The maximum absolute atomic E-state index is 16.2. The highest BCUT2D eigenvalue weighted by molar-refractivity contribution is 6.32. The Kier molecular flexibility index (Phi) is 24.1. The summed E-state index contributed by atoms with van der Waals surface area (Å²) < 4.78 is 38.5. The number of phenols is 3. The third kappa shape index (κ3) is 16.5. The van der Waals surface area contributed by atoms with Crippen LogP contribution in [0.1, 0.15) is 131 Å². The number of phenolic OH excluding ortho intramolecular Hbond substituents is 3. The zero-order valence-corrected chi connectivity index (χ0v) is 57.7. The molecule has 0 saturated carbocycles. The number of primary amides is 1. The second-order valence-corrected chi connectivity index (χ2v) is 27.4. The van der Waals surface area contributed by atoms with Gasteiger partial charge < -0.3 is 112 Å². The van der Waals surface area contributed by atoms with Gasteiger partial charge in [-0.3, -0.25) is 33.6 Å². The summed E-state index contributed by atoms with van der Waals surface area (Å²) in [6, 6.07) is 5.66. The number of aliphatic hydroxyl groups excluding tert-OH is 6. The molecule has 5 aromatic carbocycles. The van der Waals surface area contributed by atoms with Crippen LogP contribution in [0.2, 0.25) is 10.0 Å². The van der Waals surface area contributed by atoms with Crippen molar-refractivity contribution in [2.75, 3.05) is 6.61 Å². The van der Waals surface area contributed by atoms with Crippen molar-refractivity contribution in [2.24, 2.45) is 29.2 Å². The molecule has 5 amide bonds. The number of amides is 5. The van der Waals surface area contributed by atoms with Crippen molar-refractivity contribution >= 4 is 82.7 Å². The molecule has 12 rings (SSSR count). The number of nitrogens with two attached hydrogens (primary N) is 2. The molecule has 5 aromatic rings. The largest absolute Gasteiger partial charge is 0.508 e. The lowest BCUT2D eigenvalue weighted by Gasteiger charge is -2.47. The normalized spacial score (nSPS) is 29.3. The number of aliphatic carboxylic acids is 1. The Bertz CT molecular complexity index is 4070. The number of carbonyl (C=O) groups is 8. The Labute approximate surface area is 598 Å². The van der Waals surface area contributed by atoms with E-state index in [0.29, 0.717) is 12.8 Å².